The van der Waals surface area contributed by atoms with Crippen LogP contribution in [0, 0.1) is 11.8 Å². The van der Waals surface area contributed by atoms with E-state index in [-0.39, 0.29) is 0 Å². The van der Waals surface area contributed by atoms with Crippen LogP contribution in [0.2, 0.25) is 0 Å². The van der Waals surface area contributed by atoms with Crippen molar-refractivity contribution >= 4 is 0 Å². The number of allylic oxidation sites excluding steroid dienone is 2. The largest absolute Gasteiger partial charge is 0.307 e. The van der Waals surface area contributed by atoms with Crippen LogP contribution in [0.3, 0.4) is 0 Å². The molecule has 1 aliphatic carbocycles. The Morgan fingerprint density at radius 1 is 1.54 bits per heavy atom. The minimum atomic E-state index is 0.810. The first kappa shape index (κ1) is 10.8. The molecule has 2 unspecified atom stereocenters. The Balaban J connectivity index is 2.24. The second-order valence-corrected chi connectivity index (χ2v) is 4.52. The highest BCUT2D eigenvalue weighted by Gasteiger charge is 2.21. The van der Waals surface area contributed by atoms with Crippen molar-refractivity contribution in [3.8, 4) is 0 Å². The molecule has 0 saturated carbocycles. The van der Waals surface area contributed by atoms with Gasteiger partial charge in [-0.25, -0.2) is 0 Å². The highest BCUT2D eigenvalue weighted by molar-refractivity contribution is 5.10. The first-order valence-electron chi connectivity index (χ1n) is 5.49. The van der Waals surface area contributed by atoms with Crippen molar-refractivity contribution < 1.29 is 0 Å². The molecule has 1 heteroatoms. The summed E-state index contributed by atoms with van der Waals surface area (Å²) in [4.78, 5) is 2.40. The van der Waals surface area contributed by atoms with E-state index in [4.69, 9.17) is 0 Å². The summed E-state index contributed by atoms with van der Waals surface area (Å²) in [7, 11) is 2.21. The van der Waals surface area contributed by atoms with Crippen LogP contribution in [0.15, 0.2) is 11.6 Å². The van der Waals surface area contributed by atoms with E-state index in [0.29, 0.717) is 0 Å². The smallest absolute Gasteiger partial charge is 0.00189 e. The van der Waals surface area contributed by atoms with Crippen LogP contribution >= 0.6 is 0 Å². The van der Waals surface area contributed by atoms with E-state index in [1.54, 1.807) is 5.57 Å². The Morgan fingerprint density at radius 2 is 2.23 bits per heavy atom. The van der Waals surface area contributed by atoms with Gasteiger partial charge in [0.2, 0.25) is 0 Å². The highest BCUT2D eigenvalue weighted by atomic mass is 15.1. The number of rotatable bonds is 4. The maximum atomic E-state index is 2.44. The molecule has 76 valence electrons. The molecule has 2 atom stereocenters. The predicted octanol–water partition coefficient (Wildman–Crippen LogP) is 2.93. The van der Waals surface area contributed by atoms with Gasteiger partial charge in [-0.1, -0.05) is 25.5 Å². The van der Waals surface area contributed by atoms with Crippen LogP contribution in [0.25, 0.3) is 0 Å². The van der Waals surface area contributed by atoms with Crippen molar-refractivity contribution in [2.45, 2.75) is 33.6 Å². The molecule has 0 aromatic carbocycles. The van der Waals surface area contributed by atoms with Crippen molar-refractivity contribution in [3.05, 3.63) is 11.6 Å². The summed E-state index contributed by atoms with van der Waals surface area (Å²) in [5.41, 5.74) is 1.59. The monoisotopic (exact) mass is 181 g/mol. The molecule has 0 heterocycles. The van der Waals surface area contributed by atoms with Gasteiger partial charge in [-0.3, -0.25) is 0 Å². The number of hydrogen-bond acceptors (Lipinski definition) is 1. The van der Waals surface area contributed by atoms with Gasteiger partial charge in [-0.2, -0.15) is 0 Å². The molecular weight excluding hydrogens is 158 g/mol. The average molecular weight is 181 g/mol. The lowest BCUT2D eigenvalue weighted by molar-refractivity contribution is 0.296. The second-order valence-electron chi connectivity index (χ2n) is 4.52. The van der Waals surface area contributed by atoms with Gasteiger partial charge in [0.25, 0.3) is 0 Å². The molecular formula is C12H23N. The maximum absolute atomic E-state index is 2.44. The van der Waals surface area contributed by atoms with Crippen LogP contribution in [0.1, 0.15) is 33.6 Å². The summed E-state index contributed by atoms with van der Waals surface area (Å²) < 4.78 is 0. The van der Waals surface area contributed by atoms with Gasteiger partial charge in [0.1, 0.15) is 0 Å². The molecule has 0 fully saturated rings. The Hall–Kier alpha value is -0.300. The van der Waals surface area contributed by atoms with Crippen molar-refractivity contribution in [2.75, 3.05) is 20.1 Å². The summed E-state index contributed by atoms with van der Waals surface area (Å²) in [6, 6.07) is 0. The van der Waals surface area contributed by atoms with E-state index in [1.807, 2.05) is 0 Å². The van der Waals surface area contributed by atoms with Crippen LogP contribution in [0.5, 0.6) is 0 Å². The molecule has 0 amide bonds. The first-order chi connectivity index (χ1) is 6.13. The molecule has 1 rings (SSSR count). The Labute approximate surface area is 82.8 Å². The zero-order valence-electron chi connectivity index (χ0n) is 9.51. The summed E-state index contributed by atoms with van der Waals surface area (Å²) in [6.07, 6.45) is 5.13. The highest BCUT2D eigenvalue weighted by Crippen LogP contribution is 2.32. The summed E-state index contributed by atoms with van der Waals surface area (Å²) in [6.45, 7) is 9.27. The molecule has 0 spiro atoms. The van der Waals surface area contributed by atoms with E-state index >= 15 is 0 Å². The molecule has 0 bridgehead atoms. The fourth-order valence-electron chi connectivity index (χ4n) is 2.16. The quantitative estimate of drug-likeness (QED) is 0.603. The molecule has 1 nitrogen and oxygen atoms in total. The SMILES string of the molecule is CCN(C)CCC1CC(C)=CC1C. The third kappa shape index (κ3) is 3.15. The molecule has 13 heavy (non-hydrogen) atoms. The number of nitrogens with zero attached hydrogens (tertiary/aromatic N) is 1. The summed E-state index contributed by atoms with van der Waals surface area (Å²) in [5.74, 6) is 1.72. The topological polar surface area (TPSA) is 3.24 Å². The van der Waals surface area contributed by atoms with Crippen molar-refractivity contribution in [2.24, 2.45) is 11.8 Å². The van der Waals surface area contributed by atoms with Gasteiger partial charge in [0, 0.05) is 0 Å². The van der Waals surface area contributed by atoms with Crippen molar-refractivity contribution in [3.63, 3.8) is 0 Å². The Morgan fingerprint density at radius 3 is 2.69 bits per heavy atom. The van der Waals surface area contributed by atoms with Gasteiger partial charge in [-0.15, -0.1) is 0 Å². The lowest BCUT2D eigenvalue weighted by Crippen LogP contribution is -2.22. The van der Waals surface area contributed by atoms with E-state index in [1.165, 1.54) is 25.9 Å². The third-order valence-electron chi connectivity index (χ3n) is 3.30. The van der Waals surface area contributed by atoms with Crippen LogP contribution in [-0.2, 0) is 0 Å². The molecule has 0 aromatic heterocycles. The van der Waals surface area contributed by atoms with Crippen molar-refractivity contribution in [1.29, 1.82) is 0 Å². The zero-order valence-corrected chi connectivity index (χ0v) is 9.51. The number of hydrogen-bond donors (Lipinski definition) is 0. The van der Waals surface area contributed by atoms with E-state index in [2.05, 4.69) is 38.8 Å². The normalized spacial score (nSPS) is 28.2. The average Bonchev–Trinajstić information content (AvgIpc) is 2.41. The summed E-state index contributed by atoms with van der Waals surface area (Å²) in [5, 5.41) is 0. The van der Waals surface area contributed by atoms with E-state index < -0.39 is 0 Å². The predicted molar refractivity (Wildman–Crippen MR) is 58.8 cm³/mol. The van der Waals surface area contributed by atoms with Gasteiger partial charge < -0.3 is 4.90 Å². The second kappa shape index (κ2) is 4.80. The maximum Gasteiger partial charge on any atom is -0.00189 e. The van der Waals surface area contributed by atoms with E-state index in [9.17, 15) is 0 Å². The Bertz CT molecular complexity index is 184. The fraction of sp³-hybridized carbons (Fsp3) is 0.833. The van der Waals surface area contributed by atoms with Gasteiger partial charge in [0.15, 0.2) is 0 Å². The minimum Gasteiger partial charge on any atom is -0.307 e. The zero-order chi connectivity index (χ0) is 9.84. The van der Waals surface area contributed by atoms with Gasteiger partial charge >= 0.3 is 0 Å². The lowest BCUT2D eigenvalue weighted by atomic mass is 9.93. The molecule has 0 N–H and O–H groups in total. The van der Waals surface area contributed by atoms with Crippen LogP contribution < -0.4 is 0 Å². The third-order valence-corrected chi connectivity index (χ3v) is 3.30. The van der Waals surface area contributed by atoms with E-state index in [0.717, 1.165) is 11.8 Å². The lowest BCUT2D eigenvalue weighted by Gasteiger charge is -2.19. The van der Waals surface area contributed by atoms with Gasteiger partial charge in [-0.05, 0) is 51.7 Å². The molecule has 0 aliphatic heterocycles. The first-order valence-corrected chi connectivity index (χ1v) is 5.49. The molecule has 0 saturated heterocycles. The molecule has 1 aliphatic rings. The standard InChI is InChI=1S/C12H23N/c1-5-13(4)7-6-12-9-10(2)8-11(12)3/h8,11-12H,5-7,9H2,1-4H3. The van der Waals surface area contributed by atoms with Crippen LogP contribution in [-0.4, -0.2) is 25.0 Å². The molecule has 0 radical (unpaired) electrons. The Kier molecular flexibility index (Phi) is 3.98. The molecule has 0 aromatic rings. The van der Waals surface area contributed by atoms with Gasteiger partial charge in [0.05, 0.1) is 0 Å². The minimum absolute atomic E-state index is 0.810. The van der Waals surface area contributed by atoms with Crippen molar-refractivity contribution in [1.82, 2.24) is 4.90 Å². The summed E-state index contributed by atoms with van der Waals surface area (Å²) >= 11 is 0. The fourth-order valence-corrected chi connectivity index (χ4v) is 2.16. The van der Waals surface area contributed by atoms with Crippen LogP contribution in [0.4, 0.5) is 0 Å².